The number of hydrogen-bond acceptors (Lipinski definition) is 4. The summed E-state index contributed by atoms with van der Waals surface area (Å²) >= 11 is 0. The summed E-state index contributed by atoms with van der Waals surface area (Å²) in [5, 5.41) is 5.89. The highest BCUT2D eigenvalue weighted by atomic mass is 16.7. The van der Waals surface area contributed by atoms with Crippen LogP contribution in [0.15, 0.2) is 0 Å². The van der Waals surface area contributed by atoms with Crippen LogP contribution in [-0.2, 0) is 14.3 Å². The molecule has 1 saturated heterocycles. The summed E-state index contributed by atoms with van der Waals surface area (Å²) in [7, 11) is 3.10. The van der Waals surface area contributed by atoms with Crippen LogP contribution in [0.25, 0.3) is 0 Å². The quantitative estimate of drug-likeness (QED) is 0.561. The van der Waals surface area contributed by atoms with Gasteiger partial charge in [0.15, 0.2) is 6.29 Å². The molecule has 82 valence electrons. The molecular formula is C9H18N2O3. The van der Waals surface area contributed by atoms with E-state index >= 15 is 0 Å². The molecule has 5 heteroatoms. The van der Waals surface area contributed by atoms with E-state index in [1.165, 1.54) is 0 Å². The molecule has 5 nitrogen and oxygen atoms in total. The largest absolute Gasteiger partial charge is 0.354 e. The van der Waals surface area contributed by atoms with E-state index in [1.54, 1.807) is 14.2 Å². The Balaban J connectivity index is 2.07. The average Bonchev–Trinajstić information content (AvgIpc) is 2.13. The molecule has 1 rings (SSSR count). The Bertz CT molecular complexity index is 179. The third kappa shape index (κ3) is 3.61. The number of rotatable bonds is 6. The first-order chi connectivity index (χ1) is 6.76. The molecule has 0 aliphatic carbocycles. The van der Waals surface area contributed by atoms with Gasteiger partial charge in [-0.1, -0.05) is 0 Å². The Kier molecular flexibility index (Phi) is 4.86. The number of nitrogens with one attached hydrogen (secondary N) is 2. The third-order valence-electron chi connectivity index (χ3n) is 2.33. The average molecular weight is 202 g/mol. The standard InChI is InChI=1S/C9H18N2O3/c1-13-9(14-2)6-11-8(12)3-7-4-10-5-7/h7,9-10H,3-6H2,1-2H3,(H,11,12). The van der Waals surface area contributed by atoms with Crippen LogP contribution in [-0.4, -0.2) is 46.1 Å². The van der Waals surface area contributed by atoms with Gasteiger partial charge >= 0.3 is 0 Å². The number of amides is 1. The lowest BCUT2D eigenvalue weighted by Crippen LogP contribution is -2.45. The van der Waals surface area contributed by atoms with Crippen molar-refractivity contribution in [2.24, 2.45) is 5.92 Å². The van der Waals surface area contributed by atoms with Crippen molar-refractivity contribution in [3.8, 4) is 0 Å². The number of carbonyl (C=O) groups excluding carboxylic acids is 1. The molecular weight excluding hydrogens is 184 g/mol. The van der Waals surface area contributed by atoms with Gasteiger partial charge in [0, 0.05) is 20.6 Å². The summed E-state index contributed by atoms with van der Waals surface area (Å²) in [6, 6.07) is 0. The van der Waals surface area contributed by atoms with Gasteiger partial charge in [-0.15, -0.1) is 0 Å². The van der Waals surface area contributed by atoms with E-state index in [9.17, 15) is 4.79 Å². The van der Waals surface area contributed by atoms with E-state index in [4.69, 9.17) is 9.47 Å². The first-order valence-corrected chi connectivity index (χ1v) is 4.79. The predicted molar refractivity (Wildman–Crippen MR) is 51.8 cm³/mol. The molecule has 2 N–H and O–H groups in total. The summed E-state index contributed by atoms with van der Waals surface area (Å²) in [4.78, 5) is 11.3. The molecule has 1 aliphatic heterocycles. The van der Waals surface area contributed by atoms with Crippen LogP contribution in [0.5, 0.6) is 0 Å². The maximum atomic E-state index is 11.3. The fraction of sp³-hybridized carbons (Fsp3) is 0.889. The molecule has 0 aromatic rings. The lowest BCUT2D eigenvalue weighted by molar-refractivity contribution is -0.128. The van der Waals surface area contributed by atoms with E-state index in [1.807, 2.05) is 0 Å². The molecule has 0 unspecified atom stereocenters. The van der Waals surface area contributed by atoms with Crippen molar-refractivity contribution in [3.63, 3.8) is 0 Å². The van der Waals surface area contributed by atoms with E-state index in [-0.39, 0.29) is 12.2 Å². The zero-order chi connectivity index (χ0) is 10.4. The Morgan fingerprint density at radius 2 is 2.14 bits per heavy atom. The van der Waals surface area contributed by atoms with Gasteiger partial charge in [-0.2, -0.15) is 0 Å². The lowest BCUT2D eigenvalue weighted by Gasteiger charge is -2.26. The van der Waals surface area contributed by atoms with E-state index in [2.05, 4.69) is 10.6 Å². The normalized spacial score (nSPS) is 16.8. The Morgan fingerprint density at radius 1 is 1.50 bits per heavy atom. The number of hydrogen-bond donors (Lipinski definition) is 2. The molecule has 0 saturated carbocycles. The summed E-state index contributed by atoms with van der Waals surface area (Å²) in [6.45, 7) is 2.31. The molecule has 1 aliphatic rings. The van der Waals surface area contributed by atoms with Crippen LogP contribution in [0.3, 0.4) is 0 Å². The van der Waals surface area contributed by atoms with Crippen LogP contribution in [0, 0.1) is 5.92 Å². The Labute approximate surface area is 84.1 Å². The smallest absolute Gasteiger partial charge is 0.220 e. The molecule has 1 fully saturated rings. The van der Waals surface area contributed by atoms with E-state index < -0.39 is 0 Å². The predicted octanol–water partition coefficient (Wildman–Crippen LogP) is -0.669. The summed E-state index contributed by atoms with van der Waals surface area (Å²) in [5.74, 6) is 0.564. The molecule has 0 aromatic heterocycles. The molecule has 0 radical (unpaired) electrons. The second-order valence-corrected chi connectivity index (χ2v) is 3.43. The molecule has 14 heavy (non-hydrogen) atoms. The topological polar surface area (TPSA) is 59.6 Å². The van der Waals surface area contributed by atoms with Gasteiger partial charge in [-0.25, -0.2) is 0 Å². The van der Waals surface area contributed by atoms with Gasteiger partial charge in [0.25, 0.3) is 0 Å². The SMILES string of the molecule is COC(CNC(=O)CC1CNC1)OC. The zero-order valence-corrected chi connectivity index (χ0v) is 8.71. The number of ether oxygens (including phenoxy) is 2. The van der Waals surface area contributed by atoms with Crippen molar-refractivity contribution < 1.29 is 14.3 Å². The van der Waals surface area contributed by atoms with E-state index in [0.29, 0.717) is 18.9 Å². The summed E-state index contributed by atoms with van der Waals surface area (Å²) < 4.78 is 9.89. The number of methoxy groups -OCH3 is 2. The Hall–Kier alpha value is -0.650. The van der Waals surface area contributed by atoms with E-state index in [0.717, 1.165) is 13.1 Å². The first-order valence-electron chi connectivity index (χ1n) is 4.79. The maximum Gasteiger partial charge on any atom is 0.220 e. The van der Waals surface area contributed by atoms with Crippen molar-refractivity contribution in [3.05, 3.63) is 0 Å². The van der Waals surface area contributed by atoms with Crippen molar-refractivity contribution in [2.45, 2.75) is 12.7 Å². The minimum atomic E-state index is -0.349. The van der Waals surface area contributed by atoms with Gasteiger partial charge in [-0.05, 0) is 19.0 Å². The molecule has 0 bridgehead atoms. The lowest BCUT2D eigenvalue weighted by atomic mass is 9.99. The van der Waals surface area contributed by atoms with Crippen molar-refractivity contribution in [1.29, 1.82) is 0 Å². The molecule has 0 aromatic carbocycles. The molecule has 1 heterocycles. The fourth-order valence-electron chi connectivity index (χ4n) is 1.29. The second-order valence-electron chi connectivity index (χ2n) is 3.43. The molecule has 0 atom stereocenters. The van der Waals surface area contributed by atoms with Gasteiger partial charge in [0.05, 0.1) is 6.54 Å². The second kappa shape index (κ2) is 5.95. The van der Waals surface area contributed by atoms with Crippen molar-refractivity contribution in [1.82, 2.24) is 10.6 Å². The summed E-state index contributed by atoms with van der Waals surface area (Å²) in [6.07, 6.45) is 0.242. The minimum Gasteiger partial charge on any atom is -0.354 e. The number of carbonyl (C=O) groups is 1. The van der Waals surface area contributed by atoms with Crippen LogP contribution < -0.4 is 10.6 Å². The molecule has 0 spiro atoms. The van der Waals surface area contributed by atoms with Gasteiger partial charge < -0.3 is 20.1 Å². The third-order valence-corrected chi connectivity index (χ3v) is 2.33. The van der Waals surface area contributed by atoms with Crippen LogP contribution in [0.2, 0.25) is 0 Å². The highest BCUT2D eigenvalue weighted by Gasteiger charge is 2.20. The van der Waals surface area contributed by atoms with Crippen molar-refractivity contribution in [2.75, 3.05) is 33.9 Å². The van der Waals surface area contributed by atoms with Crippen LogP contribution in [0.1, 0.15) is 6.42 Å². The molecule has 1 amide bonds. The van der Waals surface area contributed by atoms with Crippen LogP contribution >= 0.6 is 0 Å². The van der Waals surface area contributed by atoms with Gasteiger partial charge in [0.2, 0.25) is 5.91 Å². The highest BCUT2D eigenvalue weighted by molar-refractivity contribution is 5.76. The zero-order valence-electron chi connectivity index (χ0n) is 8.71. The Morgan fingerprint density at radius 3 is 2.57 bits per heavy atom. The maximum absolute atomic E-state index is 11.3. The summed E-state index contributed by atoms with van der Waals surface area (Å²) in [5.41, 5.74) is 0. The fourth-order valence-corrected chi connectivity index (χ4v) is 1.29. The first kappa shape index (κ1) is 11.4. The van der Waals surface area contributed by atoms with Crippen LogP contribution in [0.4, 0.5) is 0 Å². The minimum absolute atomic E-state index is 0.0654. The van der Waals surface area contributed by atoms with Crippen molar-refractivity contribution >= 4 is 5.91 Å². The van der Waals surface area contributed by atoms with Gasteiger partial charge in [0.1, 0.15) is 0 Å². The van der Waals surface area contributed by atoms with Gasteiger partial charge in [-0.3, -0.25) is 4.79 Å². The highest BCUT2D eigenvalue weighted by Crippen LogP contribution is 2.07. The monoisotopic (exact) mass is 202 g/mol.